The van der Waals surface area contributed by atoms with Crippen molar-refractivity contribution >= 4 is 22.1 Å². The third kappa shape index (κ3) is 35.3. The first-order valence-corrected chi connectivity index (χ1v) is 27.5. The van der Waals surface area contributed by atoms with Gasteiger partial charge in [-0.1, -0.05) is 199 Å². The molecule has 6 atom stereocenters. The molecule has 0 saturated carbocycles. The Morgan fingerprint density at radius 1 is 0.531 bits per heavy atom. The van der Waals surface area contributed by atoms with Gasteiger partial charge in [0.25, 0.3) is 10.1 Å². The number of hydrogen-bond acceptors (Lipinski definition) is 11. The third-order valence-corrected chi connectivity index (χ3v) is 12.8. The minimum absolute atomic E-state index is 0.166. The molecule has 1 saturated heterocycles. The van der Waals surface area contributed by atoms with E-state index in [-0.39, 0.29) is 19.4 Å². The Hall–Kier alpha value is -1.87. The number of allylic oxidation sites excluding steroid dienone is 4. The number of ether oxygens (including phenoxy) is 4. The molecule has 0 spiro atoms. The number of esters is 2. The van der Waals surface area contributed by atoms with Gasteiger partial charge in [0.15, 0.2) is 12.4 Å². The van der Waals surface area contributed by atoms with Crippen LogP contribution in [0, 0.1) is 0 Å². The number of aliphatic hydroxyl groups is 3. The normalized spacial score (nSPS) is 19.8. The number of carbonyl (C=O) groups is 2. The van der Waals surface area contributed by atoms with Crippen molar-refractivity contribution in [3.05, 3.63) is 24.3 Å². The third-order valence-electron chi connectivity index (χ3n) is 12.0. The van der Waals surface area contributed by atoms with E-state index in [9.17, 15) is 37.9 Å². The number of aliphatic hydroxyl groups excluding tert-OH is 3. The summed E-state index contributed by atoms with van der Waals surface area (Å²) in [6.07, 6.45) is 37.9. The molecule has 4 N–H and O–H groups in total. The summed E-state index contributed by atoms with van der Waals surface area (Å²) in [5.74, 6) is -1.99. The lowest BCUT2D eigenvalue weighted by atomic mass is 10.00. The average Bonchev–Trinajstić information content (AvgIpc) is 3.26. The van der Waals surface area contributed by atoms with Crippen molar-refractivity contribution in [2.45, 2.75) is 269 Å². The quantitative estimate of drug-likeness (QED) is 0.0196. The van der Waals surface area contributed by atoms with Crippen molar-refractivity contribution < 1.29 is 56.8 Å². The van der Waals surface area contributed by atoms with E-state index in [2.05, 4.69) is 38.2 Å². The Bertz CT molecular complexity index is 1270. The molecular formula is C51H94O12S. The summed E-state index contributed by atoms with van der Waals surface area (Å²) in [6.45, 7) is 3.76. The SMILES string of the molecule is CCCCC/C=C/C/C=C/CCCCCCCC(=O)OC[C@H](CO[C@H]1O[C@H](CS(=O)(=O)O)[C@@H](O)C(O)C1O)OC(=O)CCCCCCCCCCCCCCCCCCCCCCC. The maximum atomic E-state index is 12.9. The monoisotopic (exact) mass is 931 g/mol. The van der Waals surface area contributed by atoms with Crippen LogP contribution in [0.4, 0.5) is 0 Å². The molecule has 64 heavy (non-hydrogen) atoms. The van der Waals surface area contributed by atoms with Gasteiger partial charge in [-0.3, -0.25) is 14.1 Å². The fraction of sp³-hybridized carbons (Fsp3) is 0.882. The Balaban J connectivity index is 2.36. The summed E-state index contributed by atoms with van der Waals surface area (Å²) in [5, 5.41) is 31.0. The van der Waals surface area contributed by atoms with Crippen molar-refractivity contribution in [2.75, 3.05) is 19.0 Å². The summed E-state index contributed by atoms with van der Waals surface area (Å²) in [6, 6.07) is 0. The van der Waals surface area contributed by atoms with Crippen LogP contribution in [-0.2, 0) is 38.7 Å². The van der Waals surface area contributed by atoms with E-state index in [1.807, 2.05) is 0 Å². The van der Waals surface area contributed by atoms with Gasteiger partial charge >= 0.3 is 11.9 Å². The zero-order chi connectivity index (χ0) is 46.9. The smallest absolute Gasteiger partial charge is 0.306 e. The molecule has 12 nitrogen and oxygen atoms in total. The van der Waals surface area contributed by atoms with Crippen molar-refractivity contribution in [1.29, 1.82) is 0 Å². The standard InChI is InChI=1S/C51H94O12S/c1-3-5-7-9-11-13-15-17-19-20-21-22-23-24-26-28-30-32-34-36-38-40-47(53)62-44(42-61-51-50(56)49(55)48(54)45(63-51)43-64(57,58)59)41-60-46(52)39-37-35-33-31-29-27-25-18-16-14-12-10-8-6-4-2/h12,14,18,25,44-45,48-51,54-56H,3-11,13,15-17,19-24,26-43H2,1-2H3,(H,57,58,59)/b14-12+,25-18+/t44-,45-,48-,49?,50?,51+/m1/s1. The highest BCUT2D eigenvalue weighted by Crippen LogP contribution is 2.24. The highest BCUT2D eigenvalue weighted by Gasteiger charge is 2.46. The Labute approximate surface area is 389 Å². The molecule has 2 unspecified atom stereocenters. The minimum atomic E-state index is -4.60. The molecule has 1 fully saturated rings. The fourth-order valence-corrected chi connectivity index (χ4v) is 8.69. The van der Waals surface area contributed by atoms with Gasteiger partial charge in [0, 0.05) is 12.8 Å². The van der Waals surface area contributed by atoms with E-state index in [0.717, 1.165) is 64.2 Å². The van der Waals surface area contributed by atoms with E-state index in [1.54, 1.807) is 0 Å². The summed E-state index contributed by atoms with van der Waals surface area (Å²) in [5.41, 5.74) is 0. The summed E-state index contributed by atoms with van der Waals surface area (Å²) >= 11 is 0. The largest absolute Gasteiger partial charge is 0.462 e. The van der Waals surface area contributed by atoms with Crippen LogP contribution in [0.5, 0.6) is 0 Å². The Morgan fingerprint density at radius 3 is 1.41 bits per heavy atom. The van der Waals surface area contributed by atoms with E-state index in [4.69, 9.17) is 18.9 Å². The predicted molar refractivity (Wildman–Crippen MR) is 256 cm³/mol. The maximum Gasteiger partial charge on any atom is 0.306 e. The van der Waals surface area contributed by atoms with Crippen molar-refractivity contribution in [2.24, 2.45) is 0 Å². The molecule has 376 valence electrons. The van der Waals surface area contributed by atoms with Crippen molar-refractivity contribution in [3.8, 4) is 0 Å². The van der Waals surface area contributed by atoms with Gasteiger partial charge in [0.1, 0.15) is 36.8 Å². The topological polar surface area (TPSA) is 186 Å². The second kappa shape index (κ2) is 41.3. The first kappa shape index (κ1) is 60.1. The summed E-state index contributed by atoms with van der Waals surface area (Å²) in [4.78, 5) is 25.5. The number of carbonyl (C=O) groups excluding carboxylic acids is 2. The van der Waals surface area contributed by atoms with Crippen molar-refractivity contribution in [1.82, 2.24) is 0 Å². The molecule has 1 aliphatic rings. The van der Waals surface area contributed by atoms with Gasteiger partial charge < -0.3 is 34.3 Å². The number of unbranched alkanes of at least 4 members (excludes halogenated alkanes) is 28. The molecular weight excluding hydrogens is 837 g/mol. The van der Waals surface area contributed by atoms with Crippen LogP contribution in [0.3, 0.4) is 0 Å². The molecule has 1 aliphatic heterocycles. The van der Waals surface area contributed by atoms with E-state index >= 15 is 0 Å². The molecule has 0 radical (unpaired) electrons. The maximum absolute atomic E-state index is 12.9. The minimum Gasteiger partial charge on any atom is -0.462 e. The lowest BCUT2D eigenvalue weighted by Gasteiger charge is -2.40. The molecule has 0 aliphatic carbocycles. The second-order valence-corrected chi connectivity index (χ2v) is 19.7. The highest BCUT2D eigenvalue weighted by atomic mass is 32.2. The Morgan fingerprint density at radius 2 is 0.938 bits per heavy atom. The summed E-state index contributed by atoms with van der Waals surface area (Å²) in [7, 11) is -4.60. The van der Waals surface area contributed by atoms with Gasteiger partial charge in [-0.2, -0.15) is 8.42 Å². The number of rotatable bonds is 44. The van der Waals surface area contributed by atoms with Crippen LogP contribution in [0.15, 0.2) is 24.3 Å². The molecule has 0 bridgehead atoms. The zero-order valence-corrected chi connectivity index (χ0v) is 41.2. The molecule has 0 amide bonds. The van der Waals surface area contributed by atoms with Crippen LogP contribution in [0.2, 0.25) is 0 Å². The van der Waals surface area contributed by atoms with Crippen LogP contribution < -0.4 is 0 Å². The first-order valence-electron chi connectivity index (χ1n) is 25.9. The molecule has 0 aromatic heterocycles. The lowest BCUT2D eigenvalue weighted by molar-refractivity contribution is -0.297. The van der Waals surface area contributed by atoms with Gasteiger partial charge in [-0.25, -0.2) is 0 Å². The lowest BCUT2D eigenvalue weighted by Crippen LogP contribution is -2.60. The van der Waals surface area contributed by atoms with Gasteiger partial charge in [0.05, 0.1) is 6.61 Å². The molecule has 13 heteroatoms. The zero-order valence-electron chi connectivity index (χ0n) is 40.4. The van der Waals surface area contributed by atoms with Crippen molar-refractivity contribution in [3.63, 3.8) is 0 Å². The first-order chi connectivity index (χ1) is 31.0. The van der Waals surface area contributed by atoms with Crippen LogP contribution in [-0.4, -0.2) is 96.0 Å². The molecule has 1 heterocycles. The van der Waals surface area contributed by atoms with Gasteiger partial charge in [-0.05, 0) is 44.9 Å². The average molecular weight is 931 g/mol. The fourth-order valence-electron chi connectivity index (χ4n) is 8.00. The van der Waals surface area contributed by atoms with E-state index in [0.29, 0.717) is 12.8 Å². The van der Waals surface area contributed by atoms with Gasteiger partial charge in [0.2, 0.25) is 0 Å². The molecule has 0 aromatic rings. The molecule has 1 rings (SSSR count). The Kier molecular flexibility index (Phi) is 38.8. The summed E-state index contributed by atoms with van der Waals surface area (Å²) < 4.78 is 54.2. The van der Waals surface area contributed by atoms with Gasteiger partial charge in [-0.15, -0.1) is 0 Å². The predicted octanol–water partition coefficient (Wildman–Crippen LogP) is 11.6. The van der Waals surface area contributed by atoms with E-state index < -0.39 is 71.2 Å². The number of hydrogen-bond donors (Lipinski definition) is 4. The van der Waals surface area contributed by atoms with Crippen LogP contribution >= 0.6 is 0 Å². The van der Waals surface area contributed by atoms with E-state index in [1.165, 1.54) is 128 Å². The second-order valence-electron chi connectivity index (χ2n) is 18.2. The van der Waals surface area contributed by atoms with Crippen LogP contribution in [0.1, 0.15) is 232 Å². The highest BCUT2D eigenvalue weighted by molar-refractivity contribution is 7.85. The molecule has 0 aromatic carbocycles. The van der Waals surface area contributed by atoms with Crippen LogP contribution in [0.25, 0.3) is 0 Å².